The number of anilines is 1. The van der Waals surface area contributed by atoms with Crippen molar-refractivity contribution in [1.29, 1.82) is 0 Å². The maximum Gasteiger partial charge on any atom is 0.225 e. The molecule has 1 amide bonds. The summed E-state index contributed by atoms with van der Waals surface area (Å²) in [6.07, 6.45) is 6.08. The molecule has 3 heteroatoms. The van der Waals surface area contributed by atoms with E-state index in [0.29, 0.717) is 5.92 Å². The van der Waals surface area contributed by atoms with Crippen LogP contribution in [0.2, 0.25) is 0 Å². The number of para-hydroxylation sites is 1. The van der Waals surface area contributed by atoms with Crippen LogP contribution in [0, 0.1) is 17.8 Å². The standard InChI is InChI=1S/C18H26N2O/c1-13-5-4-6-14(9-13)11-20-18(21)16-10-15-7-2-3-8-17(15)19-12-16/h2-3,7-8,13-14,16,19H,4-6,9-12H2,1H3,(H,20,21). The van der Waals surface area contributed by atoms with Crippen molar-refractivity contribution in [3.8, 4) is 0 Å². The van der Waals surface area contributed by atoms with Crippen LogP contribution in [0.1, 0.15) is 38.2 Å². The Kier molecular flexibility index (Phi) is 4.47. The van der Waals surface area contributed by atoms with Gasteiger partial charge in [0.2, 0.25) is 5.91 Å². The predicted octanol–water partition coefficient (Wildman–Crippen LogP) is 3.21. The van der Waals surface area contributed by atoms with E-state index in [4.69, 9.17) is 0 Å². The van der Waals surface area contributed by atoms with Gasteiger partial charge < -0.3 is 10.6 Å². The van der Waals surface area contributed by atoms with E-state index in [2.05, 4.69) is 29.7 Å². The van der Waals surface area contributed by atoms with E-state index in [0.717, 1.165) is 25.4 Å². The summed E-state index contributed by atoms with van der Waals surface area (Å²) >= 11 is 0. The lowest BCUT2D eigenvalue weighted by molar-refractivity contribution is -0.124. The number of hydrogen-bond acceptors (Lipinski definition) is 2. The molecule has 3 atom stereocenters. The SMILES string of the molecule is CC1CCCC(CNC(=O)C2CNc3ccccc3C2)C1. The van der Waals surface area contributed by atoms with Crippen LogP contribution in [-0.2, 0) is 11.2 Å². The summed E-state index contributed by atoms with van der Waals surface area (Å²) in [5, 5.41) is 6.57. The molecular formula is C18H26N2O. The molecule has 2 aliphatic rings. The number of rotatable bonds is 3. The molecule has 21 heavy (non-hydrogen) atoms. The van der Waals surface area contributed by atoms with Crippen LogP contribution in [0.3, 0.4) is 0 Å². The van der Waals surface area contributed by atoms with Gasteiger partial charge in [-0.05, 0) is 42.7 Å². The van der Waals surface area contributed by atoms with Crippen LogP contribution in [0.4, 0.5) is 5.69 Å². The van der Waals surface area contributed by atoms with Gasteiger partial charge in [0.25, 0.3) is 0 Å². The highest BCUT2D eigenvalue weighted by Crippen LogP contribution is 2.28. The van der Waals surface area contributed by atoms with Crippen molar-refractivity contribution in [2.75, 3.05) is 18.4 Å². The summed E-state index contributed by atoms with van der Waals surface area (Å²) in [5.74, 6) is 1.79. The predicted molar refractivity (Wildman–Crippen MR) is 86.3 cm³/mol. The van der Waals surface area contributed by atoms with E-state index >= 15 is 0 Å². The van der Waals surface area contributed by atoms with Crippen LogP contribution in [0.25, 0.3) is 0 Å². The van der Waals surface area contributed by atoms with E-state index in [1.807, 2.05) is 12.1 Å². The summed E-state index contributed by atoms with van der Waals surface area (Å²) < 4.78 is 0. The molecular weight excluding hydrogens is 260 g/mol. The van der Waals surface area contributed by atoms with Gasteiger partial charge in [0, 0.05) is 18.8 Å². The fourth-order valence-electron chi connectivity index (χ4n) is 3.76. The Hall–Kier alpha value is -1.51. The number of carbonyl (C=O) groups is 1. The van der Waals surface area contributed by atoms with Crippen molar-refractivity contribution in [2.45, 2.75) is 39.0 Å². The van der Waals surface area contributed by atoms with Gasteiger partial charge in [0.15, 0.2) is 0 Å². The Labute approximate surface area is 127 Å². The van der Waals surface area contributed by atoms with Crippen molar-refractivity contribution in [1.82, 2.24) is 5.32 Å². The van der Waals surface area contributed by atoms with Gasteiger partial charge in [-0.15, -0.1) is 0 Å². The molecule has 2 N–H and O–H groups in total. The van der Waals surface area contributed by atoms with Gasteiger partial charge >= 0.3 is 0 Å². The zero-order valence-electron chi connectivity index (χ0n) is 12.9. The third kappa shape index (κ3) is 3.58. The van der Waals surface area contributed by atoms with Gasteiger partial charge in [-0.1, -0.05) is 38.0 Å². The van der Waals surface area contributed by atoms with Gasteiger partial charge in [-0.3, -0.25) is 4.79 Å². The second-order valence-electron chi connectivity index (χ2n) is 6.82. The molecule has 0 aromatic heterocycles. The molecule has 1 aliphatic heterocycles. The van der Waals surface area contributed by atoms with Crippen LogP contribution in [0.5, 0.6) is 0 Å². The van der Waals surface area contributed by atoms with Gasteiger partial charge in [0.05, 0.1) is 5.92 Å². The third-order valence-corrected chi connectivity index (χ3v) is 5.00. The van der Waals surface area contributed by atoms with Gasteiger partial charge in [-0.2, -0.15) is 0 Å². The van der Waals surface area contributed by atoms with Crippen LogP contribution in [0.15, 0.2) is 24.3 Å². The van der Waals surface area contributed by atoms with Gasteiger partial charge in [-0.25, -0.2) is 0 Å². The van der Waals surface area contributed by atoms with Crippen molar-refractivity contribution >= 4 is 11.6 Å². The minimum Gasteiger partial charge on any atom is -0.384 e. The molecule has 0 radical (unpaired) electrons. The lowest BCUT2D eigenvalue weighted by Crippen LogP contribution is -2.40. The van der Waals surface area contributed by atoms with E-state index in [9.17, 15) is 4.79 Å². The molecule has 3 unspecified atom stereocenters. The van der Waals surface area contributed by atoms with Gasteiger partial charge in [0.1, 0.15) is 0 Å². The van der Waals surface area contributed by atoms with E-state index in [1.165, 1.54) is 36.9 Å². The highest BCUT2D eigenvalue weighted by Gasteiger charge is 2.25. The fourth-order valence-corrected chi connectivity index (χ4v) is 3.76. The maximum atomic E-state index is 12.4. The summed E-state index contributed by atoms with van der Waals surface area (Å²) in [6.45, 7) is 3.95. The molecule has 1 aromatic carbocycles. The Morgan fingerprint density at radius 1 is 1.33 bits per heavy atom. The number of nitrogens with one attached hydrogen (secondary N) is 2. The monoisotopic (exact) mass is 286 g/mol. The average molecular weight is 286 g/mol. The molecule has 1 saturated carbocycles. The maximum absolute atomic E-state index is 12.4. The second-order valence-corrected chi connectivity index (χ2v) is 6.82. The molecule has 0 bridgehead atoms. The number of benzene rings is 1. The Morgan fingerprint density at radius 2 is 2.19 bits per heavy atom. The Balaban J connectivity index is 1.50. The molecule has 114 valence electrons. The Morgan fingerprint density at radius 3 is 3.05 bits per heavy atom. The molecule has 1 heterocycles. The number of amides is 1. The van der Waals surface area contributed by atoms with Crippen molar-refractivity contribution in [3.63, 3.8) is 0 Å². The molecule has 3 nitrogen and oxygen atoms in total. The largest absolute Gasteiger partial charge is 0.384 e. The number of hydrogen-bond donors (Lipinski definition) is 2. The zero-order chi connectivity index (χ0) is 14.7. The number of fused-ring (bicyclic) bond motifs is 1. The molecule has 0 saturated heterocycles. The first-order valence-corrected chi connectivity index (χ1v) is 8.32. The summed E-state index contributed by atoms with van der Waals surface area (Å²) in [6, 6.07) is 8.29. The average Bonchev–Trinajstić information content (AvgIpc) is 2.52. The first-order chi connectivity index (χ1) is 10.2. The third-order valence-electron chi connectivity index (χ3n) is 5.00. The minimum atomic E-state index is 0.0703. The van der Waals surface area contributed by atoms with Crippen LogP contribution < -0.4 is 10.6 Å². The first-order valence-electron chi connectivity index (χ1n) is 8.32. The van der Waals surface area contributed by atoms with E-state index < -0.39 is 0 Å². The zero-order valence-corrected chi connectivity index (χ0v) is 12.9. The molecule has 1 aliphatic carbocycles. The summed E-state index contributed by atoms with van der Waals surface area (Å²) in [7, 11) is 0. The lowest BCUT2D eigenvalue weighted by Gasteiger charge is -2.29. The van der Waals surface area contributed by atoms with Crippen LogP contribution >= 0.6 is 0 Å². The van der Waals surface area contributed by atoms with E-state index in [-0.39, 0.29) is 11.8 Å². The lowest BCUT2D eigenvalue weighted by atomic mass is 9.82. The highest BCUT2D eigenvalue weighted by molar-refractivity contribution is 5.80. The van der Waals surface area contributed by atoms with Crippen LogP contribution in [-0.4, -0.2) is 19.0 Å². The number of carbonyl (C=O) groups excluding carboxylic acids is 1. The molecule has 3 rings (SSSR count). The molecule has 0 spiro atoms. The van der Waals surface area contributed by atoms with E-state index in [1.54, 1.807) is 0 Å². The fraction of sp³-hybridized carbons (Fsp3) is 0.611. The molecule has 1 aromatic rings. The minimum absolute atomic E-state index is 0.0703. The summed E-state index contributed by atoms with van der Waals surface area (Å²) in [4.78, 5) is 12.4. The summed E-state index contributed by atoms with van der Waals surface area (Å²) in [5.41, 5.74) is 2.44. The highest BCUT2D eigenvalue weighted by atomic mass is 16.1. The van der Waals surface area contributed by atoms with Crippen molar-refractivity contribution < 1.29 is 4.79 Å². The normalized spacial score (nSPS) is 28.3. The van der Waals surface area contributed by atoms with Crippen molar-refractivity contribution in [2.24, 2.45) is 17.8 Å². The Bertz CT molecular complexity index is 500. The quantitative estimate of drug-likeness (QED) is 0.896. The second kappa shape index (κ2) is 6.50. The smallest absolute Gasteiger partial charge is 0.225 e. The molecule has 1 fully saturated rings. The first kappa shape index (κ1) is 14.4. The topological polar surface area (TPSA) is 41.1 Å². The van der Waals surface area contributed by atoms with Crippen molar-refractivity contribution in [3.05, 3.63) is 29.8 Å².